The third-order valence-electron chi connectivity index (χ3n) is 11.9. The summed E-state index contributed by atoms with van der Waals surface area (Å²) >= 11 is 0. The number of para-hydroxylation sites is 1. The SMILES string of the molecule is c1ccc(-c2ccccc2N(c2ccc(-c3ccc(-c4cc5ccccc5c5ccccc45)cc3)cc2)c2ccc(-c3cc4ccccc4c4ccccc34)cc2)cc1. The summed E-state index contributed by atoms with van der Waals surface area (Å²) in [6.45, 7) is 0. The molecule has 0 unspecified atom stereocenters. The molecule has 11 aromatic carbocycles. The molecule has 0 aliphatic carbocycles. The minimum Gasteiger partial charge on any atom is -0.310 e. The molecule has 0 radical (unpaired) electrons. The maximum Gasteiger partial charge on any atom is 0.0540 e. The summed E-state index contributed by atoms with van der Waals surface area (Å²) in [5.41, 5.74) is 13.0. The number of rotatable bonds is 7. The van der Waals surface area contributed by atoms with Gasteiger partial charge in [-0.1, -0.05) is 194 Å². The molecular formula is C58H39N. The van der Waals surface area contributed by atoms with Gasteiger partial charge in [0.1, 0.15) is 0 Å². The summed E-state index contributed by atoms with van der Waals surface area (Å²) in [7, 11) is 0. The third kappa shape index (κ3) is 6.21. The van der Waals surface area contributed by atoms with Crippen molar-refractivity contribution >= 4 is 60.2 Å². The number of hydrogen-bond acceptors (Lipinski definition) is 1. The molecule has 0 bridgehead atoms. The van der Waals surface area contributed by atoms with E-state index in [1.54, 1.807) is 0 Å². The van der Waals surface area contributed by atoms with Gasteiger partial charge in [-0.3, -0.25) is 0 Å². The van der Waals surface area contributed by atoms with Crippen molar-refractivity contribution in [3.63, 3.8) is 0 Å². The molecule has 11 aromatic rings. The van der Waals surface area contributed by atoms with Crippen LogP contribution in [0, 0.1) is 0 Å². The largest absolute Gasteiger partial charge is 0.310 e. The molecule has 0 atom stereocenters. The molecule has 276 valence electrons. The summed E-state index contributed by atoms with van der Waals surface area (Å²) in [5.74, 6) is 0. The molecule has 1 nitrogen and oxygen atoms in total. The van der Waals surface area contributed by atoms with E-state index in [0.717, 1.165) is 17.1 Å². The molecule has 11 rings (SSSR count). The summed E-state index contributed by atoms with van der Waals surface area (Å²) in [6, 6.07) is 86.1. The lowest BCUT2D eigenvalue weighted by Crippen LogP contribution is -2.11. The first kappa shape index (κ1) is 34.5. The van der Waals surface area contributed by atoms with Gasteiger partial charge in [0.25, 0.3) is 0 Å². The van der Waals surface area contributed by atoms with Crippen LogP contribution in [0.3, 0.4) is 0 Å². The Morgan fingerprint density at radius 1 is 0.220 bits per heavy atom. The molecule has 0 N–H and O–H groups in total. The monoisotopic (exact) mass is 749 g/mol. The van der Waals surface area contributed by atoms with Gasteiger partial charge in [0.05, 0.1) is 5.69 Å². The molecule has 0 saturated heterocycles. The smallest absolute Gasteiger partial charge is 0.0540 e. The highest BCUT2D eigenvalue weighted by Crippen LogP contribution is 2.43. The predicted molar refractivity (Wildman–Crippen MR) is 253 cm³/mol. The highest BCUT2D eigenvalue weighted by molar-refractivity contribution is 6.15. The summed E-state index contributed by atoms with van der Waals surface area (Å²) in [4.78, 5) is 2.39. The highest BCUT2D eigenvalue weighted by Gasteiger charge is 2.18. The Labute approximate surface area is 344 Å². The van der Waals surface area contributed by atoms with Crippen LogP contribution >= 0.6 is 0 Å². The van der Waals surface area contributed by atoms with Crippen LogP contribution in [-0.2, 0) is 0 Å². The first-order valence-electron chi connectivity index (χ1n) is 20.3. The van der Waals surface area contributed by atoms with Gasteiger partial charge in [-0.15, -0.1) is 0 Å². The van der Waals surface area contributed by atoms with Gasteiger partial charge in [-0.05, 0) is 124 Å². The van der Waals surface area contributed by atoms with E-state index in [0.29, 0.717) is 0 Å². The first-order chi connectivity index (χ1) is 29.3. The third-order valence-corrected chi connectivity index (χ3v) is 11.9. The molecule has 0 spiro atoms. The van der Waals surface area contributed by atoms with Crippen LogP contribution in [0.2, 0.25) is 0 Å². The standard InChI is InChI=1S/C58H39N/c1-2-14-42(15-3-1)51-20-12-13-25-58(51)59(48-36-32-44(33-37-48)57-39-46-17-5-7-19-50(46)53-22-9-11-24-55(53)57)47-34-30-41(31-35-47)40-26-28-43(29-27-40)56-38-45-16-4-6-18-49(45)52-21-8-10-23-54(52)56/h1-39H. The van der Waals surface area contributed by atoms with Crippen LogP contribution < -0.4 is 4.90 Å². The molecule has 0 amide bonds. The Balaban J connectivity index is 0.978. The number of nitrogens with zero attached hydrogens (tertiary/aromatic N) is 1. The normalized spacial score (nSPS) is 11.4. The Hall–Kier alpha value is -7.74. The van der Waals surface area contributed by atoms with Crippen molar-refractivity contribution in [3.8, 4) is 44.5 Å². The van der Waals surface area contributed by atoms with Gasteiger partial charge in [0.15, 0.2) is 0 Å². The molecule has 0 aromatic heterocycles. The molecule has 59 heavy (non-hydrogen) atoms. The van der Waals surface area contributed by atoms with Gasteiger partial charge in [0.2, 0.25) is 0 Å². The van der Waals surface area contributed by atoms with Crippen LogP contribution in [0.1, 0.15) is 0 Å². The van der Waals surface area contributed by atoms with E-state index in [9.17, 15) is 0 Å². The fourth-order valence-electron chi connectivity index (χ4n) is 8.98. The number of fused-ring (bicyclic) bond motifs is 6. The summed E-state index contributed by atoms with van der Waals surface area (Å²) in [6.07, 6.45) is 0. The molecule has 1 heteroatoms. The Morgan fingerprint density at radius 2 is 0.576 bits per heavy atom. The zero-order valence-corrected chi connectivity index (χ0v) is 32.5. The van der Waals surface area contributed by atoms with Crippen molar-refractivity contribution in [3.05, 3.63) is 237 Å². The summed E-state index contributed by atoms with van der Waals surface area (Å²) < 4.78 is 0. The van der Waals surface area contributed by atoms with Crippen LogP contribution in [0.4, 0.5) is 17.1 Å². The average Bonchev–Trinajstić information content (AvgIpc) is 3.32. The first-order valence-corrected chi connectivity index (χ1v) is 20.3. The minimum absolute atomic E-state index is 1.10. The lowest BCUT2D eigenvalue weighted by atomic mass is 9.92. The number of benzene rings is 11. The number of anilines is 3. The van der Waals surface area contributed by atoms with E-state index in [1.807, 2.05) is 0 Å². The van der Waals surface area contributed by atoms with Crippen molar-refractivity contribution in [1.29, 1.82) is 0 Å². The Morgan fingerprint density at radius 3 is 1.10 bits per heavy atom. The second kappa shape index (κ2) is 14.6. The van der Waals surface area contributed by atoms with Crippen molar-refractivity contribution in [2.24, 2.45) is 0 Å². The highest BCUT2D eigenvalue weighted by atomic mass is 15.1. The maximum absolute atomic E-state index is 2.39. The van der Waals surface area contributed by atoms with Crippen molar-refractivity contribution in [1.82, 2.24) is 0 Å². The topological polar surface area (TPSA) is 3.24 Å². The van der Waals surface area contributed by atoms with Crippen molar-refractivity contribution < 1.29 is 0 Å². The van der Waals surface area contributed by atoms with Gasteiger partial charge in [-0.2, -0.15) is 0 Å². The van der Waals surface area contributed by atoms with Crippen LogP contribution in [0.5, 0.6) is 0 Å². The number of hydrogen-bond donors (Lipinski definition) is 0. The molecule has 0 aliphatic rings. The molecular weight excluding hydrogens is 711 g/mol. The zero-order chi connectivity index (χ0) is 39.1. The quantitative estimate of drug-likeness (QED) is 0.147. The van der Waals surface area contributed by atoms with Crippen LogP contribution in [-0.4, -0.2) is 0 Å². The van der Waals surface area contributed by atoms with Crippen LogP contribution in [0.15, 0.2) is 237 Å². The second-order valence-corrected chi connectivity index (χ2v) is 15.3. The van der Waals surface area contributed by atoms with Gasteiger partial charge in [0, 0.05) is 16.9 Å². The molecule has 0 saturated carbocycles. The molecule has 0 heterocycles. The van der Waals surface area contributed by atoms with Gasteiger partial charge < -0.3 is 4.90 Å². The van der Waals surface area contributed by atoms with E-state index in [-0.39, 0.29) is 0 Å². The van der Waals surface area contributed by atoms with Crippen molar-refractivity contribution in [2.75, 3.05) is 4.90 Å². The van der Waals surface area contributed by atoms with Crippen LogP contribution in [0.25, 0.3) is 87.6 Å². The van der Waals surface area contributed by atoms with Gasteiger partial charge in [-0.25, -0.2) is 0 Å². The average molecular weight is 750 g/mol. The summed E-state index contributed by atoms with van der Waals surface area (Å²) in [5, 5.41) is 10.2. The fraction of sp³-hybridized carbons (Fsp3) is 0. The molecule has 0 aliphatic heterocycles. The Kier molecular flexibility index (Phi) is 8.56. The van der Waals surface area contributed by atoms with E-state index in [1.165, 1.54) is 87.6 Å². The van der Waals surface area contributed by atoms with Gasteiger partial charge >= 0.3 is 0 Å². The fourth-order valence-corrected chi connectivity index (χ4v) is 8.98. The second-order valence-electron chi connectivity index (χ2n) is 15.3. The lowest BCUT2D eigenvalue weighted by molar-refractivity contribution is 1.28. The van der Waals surface area contributed by atoms with E-state index in [2.05, 4.69) is 241 Å². The lowest BCUT2D eigenvalue weighted by Gasteiger charge is -2.28. The Bertz CT molecular complexity index is 3290. The maximum atomic E-state index is 2.39. The molecule has 0 fully saturated rings. The predicted octanol–water partition coefficient (Wildman–Crippen LogP) is 16.4. The van der Waals surface area contributed by atoms with E-state index < -0.39 is 0 Å². The van der Waals surface area contributed by atoms with E-state index >= 15 is 0 Å². The van der Waals surface area contributed by atoms with Crippen molar-refractivity contribution in [2.45, 2.75) is 0 Å². The van der Waals surface area contributed by atoms with E-state index in [4.69, 9.17) is 0 Å². The zero-order valence-electron chi connectivity index (χ0n) is 32.5. The minimum atomic E-state index is 1.10.